The molecule has 0 saturated carbocycles. The minimum Gasteiger partial charge on any atom is -0.429 e. The molecule has 1 aliphatic rings. The summed E-state index contributed by atoms with van der Waals surface area (Å²) in [7, 11) is 0. The first-order chi connectivity index (χ1) is 21.4. The smallest absolute Gasteiger partial charge is 0.429 e. The highest BCUT2D eigenvalue weighted by atomic mass is 19.3. The van der Waals surface area contributed by atoms with Crippen molar-refractivity contribution in [1.82, 2.24) is 0 Å². The minimum atomic E-state index is -4.58. The Kier molecular flexibility index (Phi) is 9.26. The van der Waals surface area contributed by atoms with Gasteiger partial charge in [0, 0.05) is 28.7 Å². The summed E-state index contributed by atoms with van der Waals surface area (Å²) in [6, 6.07) is 7.86. The number of ether oxygens (including phenoxy) is 3. The molecule has 4 aromatic rings. The molecule has 0 spiro atoms. The molecule has 0 radical (unpaired) electrons. The number of rotatable bonds is 8. The van der Waals surface area contributed by atoms with Gasteiger partial charge in [0.05, 0.1) is 13.2 Å². The van der Waals surface area contributed by atoms with Gasteiger partial charge in [-0.1, -0.05) is 24.3 Å². The van der Waals surface area contributed by atoms with E-state index in [0.29, 0.717) is 36.8 Å². The summed E-state index contributed by atoms with van der Waals surface area (Å²) >= 11 is 0. The zero-order chi connectivity index (χ0) is 32.5. The summed E-state index contributed by atoms with van der Waals surface area (Å²) in [5, 5.41) is 0. The molecular weight excluding hydrogens is 615 g/mol. The Morgan fingerprint density at radius 1 is 0.711 bits per heavy atom. The first-order valence-electron chi connectivity index (χ1n) is 13.5. The standard InChI is InChI=1S/C33H23F9O3/c1-2-3-4-17-15-43-32(44-16-17)20-12-26(36)30(27(37)13-20)33(41,42)45-21-6-8-22(25(35)14-21)18-5-7-23(24(34)9-18)19-10-28(38)31(40)29(39)11-19/h2-3,5-14,17,32H,4,15-16H2,1H3. The Bertz CT molecular complexity index is 1700. The van der Waals surface area contributed by atoms with E-state index in [-0.39, 0.29) is 46.9 Å². The van der Waals surface area contributed by atoms with Gasteiger partial charge in [-0.2, -0.15) is 8.78 Å². The second-order valence-corrected chi connectivity index (χ2v) is 10.2. The van der Waals surface area contributed by atoms with Crippen LogP contribution in [0, 0.1) is 46.6 Å². The molecular formula is C33H23F9O3. The Morgan fingerprint density at radius 3 is 1.84 bits per heavy atom. The summed E-state index contributed by atoms with van der Waals surface area (Å²) in [5.41, 5.74) is -2.89. The lowest BCUT2D eigenvalue weighted by molar-refractivity contribution is -0.205. The fourth-order valence-corrected chi connectivity index (χ4v) is 4.83. The van der Waals surface area contributed by atoms with E-state index < -0.39 is 64.4 Å². The summed E-state index contributed by atoms with van der Waals surface area (Å²) in [4.78, 5) is 0. The van der Waals surface area contributed by atoms with Crippen LogP contribution in [0.3, 0.4) is 0 Å². The molecule has 1 saturated heterocycles. The van der Waals surface area contributed by atoms with E-state index in [1.807, 2.05) is 19.1 Å². The van der Waals surface area contributed by atoms with Gasteiger partial charge >= 0.3 is 6.11 Å². The Hall–Kier alpha value is -4.29. The van der Waals surface area contributed by atoms with E-state index in [2.05, 4.69) is 4.74 Å². The third kappa shape index (κ3) is 6.86. The van der Waals surface area contributed by atoms with Crippen molar-refractivity contribution in [2.24, 2.45) is 5.92 Å². The monoisotopic (exact) mass is 638 g/mol. The molecule has 0 amide bonds. The number of halogens is 9. The van der Waals surface area contributed by atoms with E-state index in [1.165, 1.54) is 6.07 Å². The van der Waals surface area contributed by atoms with Crippen LogP contribution in [-0.2, 0) is 15.6 Å². The van der Waals surface area contributed by atoms with Crippen LogP contribution in [-0.4, -0.2) is 13.2 Å². The molecule has 1 heterocycles. The van der Waals surface area contributed by atoms with Gasteiger partial charge < -0.3 is 14.2 Å². The van der Waals surface area contributed by atoms with Crippen molar-refractivity contribution in [2.45, 2.75) is 25.7 Å². The highest BCUT2D eigenvalue weighted by Gasteiger charge is 2.42. The lowest BCUT2D eigenvalue weighted by Gasteiger charge is -2.29. The zero-order valence-electron chi connectivity index (χ0n) is 23.3. The lowest BCUT2D eigenvalue weighted by atomic mass is 9.99. The van der Waals surface area contributed by atoms with E-state index in [0.717, 1.165) is 24.3 Å². The van der Waals surface area contributed by atoms with E-state index in [1.54, 1.807) is 0 Å². The normalized spacial score (nSPS) is 17.2. The topological polar surface area (TPSA) is 27.7 Å². The van der Waals surface area contributed by atoms with Crippen LogP contribution in [0.1, 0.15) is 30.8 Å². The van der Waals surface area contributed by atoms with Gasteiger partial charge in [0.2, 0.25) is 0 Å². The molecule has 1 aliphatic heterocycles. The molecule has 1 fully saturated rings. The van der Waals surface area contributed by atoms with E-state index in [9.17, 15) is 39.5 Å². The molecule has 0 aliphatic carbocycles. The van der Waals surface area contributed by atoms with Gasteiger partial charge in [0.25, 0.3) is 0 Å². The number of hydrogen-bond donors (Lipinski definition) is 0. The predicted octanol–water partition coefficient (Wildman–Crippen LogP) is 9.75. The molecule has 12 heteroatoms. The van der Waals surface area contributed by atoms with Crippen molar-refractivity contribution in [3.63, 3.8) is 0 Å². The first kappa shape index (κ1) is 32.1. The Labute approximate surface area is 251 Å². The molecule has 0 atom stereocenters. The zero-order valence-corrected chi connectivity index (χ0v) is 23.3. The number of hydrogen-bond acceptors (Lipinski definition) is 3. The largest absolute Gasteiger partial charge is 0.432 e. The predicted molar refractivity (Wildman–Crippen MR) is 146 cm³/mol. The van der Waals surface area contributed by atoms with Crippen LogP contribution in [0.2, 0.25) is 0 Å². The second-order valence-electron chi connectivity index (χ2n) is 10.2. The first-order valence-corrected chi connectivity index (χ1v) is 13.5. The molecule has 0 bridgehead atoms. The fraction of sp³-hybridized carbons (Fsp3) is 0.212. The molecule has 4 aromatic carbocycles. The average molecular weight is 639 g/mol. The van der Waals surface area contributed by atoms with Gasteiger partial charge in [-0.3, -0.25) is 0 Å². The second kappa shape index (κ2) is 13.0. The molecule has 5 rings (SSSR count). The van der Waals surface area contributed by atoms with Crippen molar-refractivity contribution < 1.29 is 53.7 Å². The SMILES string of the molecule is CC=CCC1COC(c2cc(F)c(C(F)(F)Oc3ccc(-c4ccc(-c5cc(F)c(F)c(F)c5)c(F)c4)c(F)c3)c(F)c2)OC1. The summed E-state index contributed by atoms with van der Waals surface area (Å²) in [6.45, 7) is 2.31. The lowest BCUT2D eigenvalue weighted by Crippen LogP contribution is -2.28. The van der Waals surface area contributed by atoms with E-state index >= 15 is 0 Å². The van der Waals surface area contributed by atoms with Crippen LogP contribution in [0.4, 0.5) is 39.5 Å². The molecule has 0 unspecified atom stereocenters. The van der Waals surface area contributed by atoms with Crippen molar-refractivity contribution in [3.8, 4) is 28.0 Å². The van der Waals surface area contributed by atoms with Gasteiger partial charge in [0.1, 0.15) is 34.6 Å². The van der Waals surface area contributed by atoms with Crippen molar-refractivity contribution >= 4 is 0 Å². The van der Waals surface area contributed by atoms with E-state index in [4.69, 9.17) is 9.47 Å². The quantitative estimate of drug-likeness (QED) is 0.109. The third-order valence-corrected chi connectivity index (χ3v) is 7.06. The van der Waals surface area contributed by atoms with Gasteiger partial charge in [-0.25, -0.2) is 30.7 Å². The van der Waals surface area contributed by atoms with Crippen LogP contribution in [0.5, 0.6) is 5.75 Å². The number of allylic oxidation sites excluding steroid dienone is 2. The molecule has 0 N–H and O–H groups in total. The van der Waals surface area contributed by atoms with Gasteiger partial charge in [-0.05, 0) is 66.9 Å². The maximum absolute atomic E-state index is 15.0. The molecule has 3 nitrogen and oxygen atoms in total. The van der Waals surface area contributed by atoms with Crippen molar-refractivity contribution in [3.05, 3.63) is 125 Å². The van der Waals surface area contributed by atoms with Crippen LogP contribution in [0.15, 0.2) is 72.8 Å². The number of benzene rings is 4. The van der Waals surface area contributed by atoms with Crippen LogP contribution >= 0.6 is 0 Å². The molecule has 236 valence electrons. The Morgan fingerprint density at radius 2 is 1.27 bits per heavy atom. The maximum Gasteiger partial charge on any atom is 0.432 e. The summed E-state index contributed by atoms with van der Waals surface area (Å²) in [5.74, 6) is -11.1. The Balaban J connectivity index is 1.33. The highest BCUT2D eigenvalue weighted by Crippen LogP contribution is 2.39. The minimum absolute atomic E-state index is 0.0209. The van der Waals surface area contributed by atoms with Gasteiger partial charge in [0.15, 0.2) is 23.7 Å². The summed E-state index contributed by atoms with van der Waals surface area (Å²) in [6.07, 6.45) is -1.32. The van der Waals surface area contributed by atoms with Gasteiger partial charge in [-0.15, -0.1) is 0 Å². The van der Waals surface area contributed by atoms with Crippen molar-refractivity contribution in [2.75, 3.05) is 13.2 Å². The summed E-state index contributed by atoms with van der Waals surface area (Å²) < 4.78 is 145. The highest BCUT2D eigenvalue weighted by molar-refractivity contribution is 5.72. The van der Waals surface area contributed by atoms with Crippen LogP contribution < -0.4 is 4.74 Å². The maximum atomic E-state index is 15.0. The molecule has 0 aromatic heterocycles. The van der Waals surface area contributed by atoms with Crippen LogP contribution in [0.25, 0.3) is 22.3 Å². The van der Waals surface area contributed by atoms with Crippen molar-refractivity contribution in [1.29, 1.82) is 0 Å². The fourth-order valence-electron chi connectivity index (χ4n) is 4.83. The third-order valence-electron chi connectivity index (χ3n) is 7.06. The molecule has 45 heavy (non-hydrogen) atoms. The number of alkyl halides is 2. The average Bonchev–Trinajstić information content (AvgIpc) is 2.98.